The van der Waals surface area contributed by atoms with E-state index in [1.165, 1.54) is 0 Å². The molecule has 0 heterocycles. The molecule has 2 atom stereocenters. The normalized spacial score (nSPS) is 14.1. The van der Waals surface area contributed by atoms with Crippen LogP contribution in [0, 0.1) is 6.92 Å². The summed E-state index contributed by atoms with van der Waals surface area (Å²) in [6.07, 6.45) is 0.614. The van der Waals surface area contributed by atoms with Crippen molar-refractivity contribution in [2.45, 2.75) is 22.9 Å². The molecule has 94 valence electrons. The van der Waals surface area contributed by atoms with Crippen molar-refractivity contribution in [3.63, 3.8) is 0 Å². The number of hydrogen-bond donors (Lipinski definition) is 0. The summed E-state index contributed by atoms with van der Waals surface area (Å²) in [4.78, 5) is 0.788. The predicted octanol–water partition coefficient (Wildman–Crippen LogP) is 3.91. The van der Waals surface area contributed by atoms with Crippen molar-refractivity contribution in [1.29, 1.82) is 0 Å². The van der Waals surface area contributed by atoms with Gasteiger partial charge in [-0.25, -0.2) is 0 Å². The van der Waals surface area contributed by atoms with E-state index in [-0.39, 0.29) is 0 Å². The van der Waals surface area contributed by atoms with Crippen LogP contribution in [0.15, 0.2) is 59.5 Å². The van der Waals surface area contributed by atoms with Crippen LogP contribution in [0.25, 0.3) is 0 Å². The number of alkyl halides is 1. The van der Waals surface area contributed by atoms with Gasteiger partial charge >= 0.3 is 0 Å². The van der Waals surface area contributed by atoms with Crippen molar-refractivity contribution in [1.82, 2.24) is 0 Å². The molecule has 0 spiro atoms. The second-order valence-corrected chi connectivity index (χ2v) is 6.63. The third-order valence-electron chi connectivity index (χ3n) is 2.72. The minimum absolute atomic E-state index is 0.393. The van der Waals surface area contributed by atoms with E-state index in [9.17, 15) is 4.21 Å². The molecule has 0 radical (unpaired) electrons. The minimum atomic E-state index is -1.17. The fraction of sp³-hybridized carbons (Fsp3) is 0.200. The highest BCUT2D eigenvalue weighted by Crippen LogP contribution is 2.18. The number of aryl methyl sites for hydroxylation is 1. The third kappa shape index (κ3) is 3.44. The Balaban J connectivity index is 2.07. The standard InChI is InChI=1S/C15H15ClOS/c1-12-7-9-14(10-8-12)18(17)15(16)11-13-5-3-2-4-6-13/h2-10,15H,11H2,1H3/t15-,18-/m0/s1. The van der Waals surface area contributed by atoms with E-state index >= 15 is 0 Å². The Morgan fingerprint density at radius 3 is 2.28 bits per heavy atom. The van der Waals surface area contributed by atoms with Crippen LogP contribution in [0.5, 0.6) is 0 Å². The lowest BCUT2D eigenvalue weighted by molar-refractivity contribution is 0.680. The molecule has 3 heteroatoms. The van der Waals surface area contributed by atoms with Gasteiger partial charge in [-0.1, -0.05) is 48.0 Å². The van der Waals surface area contributed by atoms with E-state index in [4.69, 9.17) is 11.6 Å². The average Bonchev–Trinajstić information content (AvgIpc) is 2.40. The fourth-order valence-electron chi connectivity index (χ4n) is 1.70. The van der Waals surface area contributed by atoms with Gasteiger partial charge in [-0.05, 0) is 24.6 Å². The first-order valence-electron chi connectivity index (χ1n) is 5.82. The largest absolute Gasteiger partial charge is 0.253 e. The van der Waals surface area contributed by atoms with Gasteiger partial charge in [0.25, 0.3) is 0 Å². The molecule has 0 aliphatic heterocycles. The molecular formula is C15H15ClOS. The monoisotopic (exact) mass is 278 g/mol. The maximum absolute atomic E-state index is 12.2. The van der Waals surface area contributed by atoms with Crippen molar-refractivity contribution in [3.8, 4) is 0 Å². The van der Waals surface area contributed by atoms with Crippen LogP contribution in [0.2, 0.25) is 0 Å². The molecule has 2 rings (SSSR count). The zero-order chi connectivity index (χ0) is 13.0. The van der Waals surface area contributed by atoms with Gasteiger partial charge in [-0.2, -0.15) is 0 Å². The molecular weight excluding hydrogens is 264 g/mol. The lowest BCUT2D eigenvalue weighted by atomic mass is 10.2. The number of benzene rings is 2. The van der Waals surface area contributed by atoms with E-state index < -0.39 is 15.5 Å². The highest BCUT2D eigenvalue weighted by Gasteiger charge is 2.15. The van der Waals surface area contributed by atoms with Crippen molar-refractivity contribution in [2.24, 2.45) is 0 Å². The van der Waals surface area contributed by atoms with Crippen molar-refractivity contribution < 1.29 is 4.21 Å². The van der Waals surface area contributed by atoms with Gasteiger partial charge in [-0.15, -0.1) is 11.6 Å². The molecule has 2 aromatic rings. The van der Waals surface area contributed by atoms with Gasteiger partial charge < -0.3 is 0 Å². The molecule has 2 aromatic carbocycles. The molecule has 1 nitrogen and oxygen atoms in total. The SMILES string of the molecule is Cc1ccc([S@](=O)[C@H](Cl)Cc2ccccc2)cc1. The topological polar surface area (TPSA) is 17.1 Å². The first kappa shape index (κ1) is 13.3. The maximum Gasteiger partial charge on any atom is 0.117 e. The van der Waals surface area contributed by atoms with E-state index in [0.29, 0.717) is 6.42 Å². The summed E-state index contributed by atoms with van der Waals surface area (Å²) in [5.41, 5.74) is 2.27. The Kier molecular flexibility index (Phi) is 4.56. The zero-order valence-corrected chi connectivity index (χ0v) is 11.7. The predicted molar refractivity (Wildman–Crippen MR) is 77.4 cm³/mol. The highest BCUT2D eigenvalue weighted by atomic mass is 35.5. The van der Waals surface area contributed by atoms with Gasteiger partial charge in [0.1, 0.15) is 4.71 Å². The van der Waals surface area contributed by atoms with Gasteiger partial charge in [0.2, 0.25) is 0 Å². The molecule has 0 aliphatic carbocycles. The van der Waals surface area contributed by atoms with Crippen LogP contribution in [0.1, 0.15) is 11.1 Å². The lowest BCUT2D eigenvalue weighted by Gasteiger charge is -2.10. The molecule has 18 heavy (non-hydrogen) atoms. The van der Waals surface area contributed by atoms with Crippen LogP contribution >= 0.6 is 11.6 Å². The van der Waals surface area contributed by atoms with Crippen molar-refractivity contribution >= 4 is 22.4 Å². The summed E-state index contributed by atoms with van der Waals surface area (Å²) in [5, 5.41) is 0. The lowest BCUT2D eigenvalue weighted by Crippen LogP contribution is -2.11. The molecule has 0 saturated carbocycles. The van der Waals surface area contributed by atoms with E-state index in [1.54, 1.807) is 0 Å². The Morgan fingerprint density at radius 1 is 1.06 bits per heavy atom. The maximum atomic E-state index is 12.2. The number of hydrogen-bond acceptors (Lipinski definition) is 1. The smallest absolute Gasteiger partial charge is 0.117 e. The summed E-state index contributed by atoms with van der Waals surface area (Å²) >= 11 is 6.24. The van der Waals surface area contributed by atoms with Gasteiger partial charge in [-0.3, -0.25) is 4.21 Å². The Morgan fingerprint density at radius 2 is 1.67 bits per heavy atom. The average molecular weight is 279 g/mol. The minimum Gasteiger partial charge on any atom is -0.253 e. The Hall–Kier alpha value is -1.12. The molecule has 0 N–H and O–H groups in total. The molecule has 0 unspecified atom stereocenters. The van der Waals surface area contributed by atoms with Crippen LogP contribution < -0.4 is 0 Å². The highest BCUT2D eigenvalue weighted by molar-refractivity contribution is 7.87. The van der Waals surface area contributed by atoms with Crippen molar-refractivity contribution in [2.75, 3.05) is 0 Å². The Bertz CT molecular complexity index is 522. The fourth-order valence-corrected chi connectivity index (χ4v) is 3.23. The summed E-state index contributed by atoms with van der Waals surface area (Å²) in [6.45, 7) is 2.01. The molecule has 0 bridgehead atoms. The quantitative estimate of drug-likeness (QED) is 0.775. The van der Waals surface area contributed by atoms with Crippen LogP contribution in [0.3, 0.4) is 0 Å². The van der Waals surface area contributed by atoms with Gasteiger partial charge in [0, 0.05) is 11.3 Å². The molecule has 0 fully saturated rings. The Labute approximate surface area is 115 Å². The molecule has 0 aliphatic rings. The van der Waals surface area contributed by atoms with Crippen LogP contribution in [-0.2, 0) is 17.2 Å². The van der Waals surface area contributed by atoms with Crippen LogP contribution in [0.4, 0.5) is 0 Å². The van der Waals surface area contributed by atoms with E-state index in [0.717, 1.165) is 16.0 Å². The molecule has 0 amide bonds. The zero-order valence-electron chi connectivity index (χ0n) is 10.2. The summed E-state index contributed by atoms with van der Waals surface area (Å²) in [7, 11) is -1.17. The molecule has 0 saturated heterocycles. The van der Waals surface area contributed by atoms with Crippen LogP contribution in [-0.4, -0.2) is 8.92 Å². The van der Waals surface area contributed by atoms with Gasteiger partial charge in [0.15, 0.2) is 0 Å². The number of rotatable bonds is 4. The third-order valence-corrected chi connectivity index (χ3v) is 4.73. The van der Waals surface area contributed by atoms with E-state index in [1.807, 2.05) is 61.5 Å². The second-order valence-electron chi connectivity index (χ2n) is 4.21. The first-order valence-corrected chi connectivity index (χ1v) is 7.47. The van der Waals surface area contributed by atoms with E-state index in [2.05, 4.69) is 0 Å². The summed E-state index contributed by atoms with van der Waals surface area (Å²) < 4.78 is 11.8. The molecule has 0 aromatic heterocycles. The van der Waals surface area contributed by atoms with Gasteiger partial charge in [0.05, 0.1) is 10.8 Å². The first-order chi connectivity index (χ1) is 8.66. The summed E-state index contributed by atoms with van der Waals surface area (Å²) in [6, 6.07) is 17.6. The summed E-state index contributed by atoms with van der Waals surface area (Å²) in [5.74, 6) is 0. The second kappa shape index (κ2) is 6.17. The number of halogens is 1. The van der Waals surface area contributed by atoms with Crippen molar-refractivity contribution in [3.05, 3.63) is 65.7 Å².